The Balaban J connectivity index is 2.74. The molecule has 126 valence electrons. The van der Waals surface area contributed by atoms with Gasteiger partial charge in [-0.25, -0.2) is 4.79 Å². The Labute approximate surface area is 142 Å². The molecular weight excluding hydrogens is 304 g/mol. The quantitative estimate of drug-likeness (QED) is 0.443. The highest BCUT2D eigenvalue weighted by Gasteiger charge is 2.22. The molecule has 0 saturated carbocycles. The fourth-order valence-corrected chi connectivity index (χ4v) is 2.73. The molecule has 0 N–H and O–H groups in total. The number of Topliss-reactive ketones (excluding diaryl/α,β-unsaturated/α-hetero) is 1. The number of ether oxygens (including phenoxy) is 1. The average Bonchev–Trinajstić information content (AvgIpc) is 2.96. The molecule has 0 bridgehead atoms. The molecule has 0 aliphatic rings. The van der Waals surface area contributed by atoms with Crippen LogP contribution in [0, 0.1) is 6.92 Å². The number of aryl methyl sites for hydroxylation is 1. The van der Waals surface area contributed by atoms with Gasteiger partial charge in [-0.2, -0.15) is 0 Å². The first-order valence-corrected chi connectivity index (χ1v) is 7.98. The van der Waals surface area contributed by atoms with Crippen molar-refractivity contribution in [1.82, 2.24) is 0 Å². The third-order valence-electron chi connectivity index (χ3n) is 3.84. The molecule has 2 aromatic rings. The summed E-state index contributed by atoms with van der Waals surface area (Å²) >= 11 is 0. The van der Waals surface area contributed by atoms with Gasteiger partial charge in [0.25, 0.3) is 0 Å². The van der Waals surface area contributed by atoms with Gasteiger partial charge in [0.05, 0.1) is 12.7 Å². The van der Waals surface area contributed by atoms with Crippen LogP contribution in [-0.4, -0.2) is 18.9 Å². The summed E-state index contributed by atoms with van der Waals surface area (Å²) in [6.07, 6.45) is 1.35. The molecule has 0 amide bonds. The van der Waals surface area contributed by atoms with Crippen molar-refractivity contribution in [2.24, 2.45) is 0 Å². The Bertz CT molecular complexity index is 766. The predicted octanol–water partition coefficient (Wildman–Crippen LogP) is 4.57. The first-order chi connectivity index (χ1) is 11.5. The Hall–Kier alpha value is -2.62. The molecule has 1 heterocycles. The maximum absolute atomic E-state index is 12.3. The molecule has 0 radical (unpaired) electrons. The number of rotatable bonds is 6. The van der Waals surface area contributed by atoms with Crippen LogP contribution in [0.2, 0.25) is 0 Å². The van der Waals surface area contributed by atoms with E-state index >= 15 is 0 Å². The molecule has 0 spiro atoms. The van der Waals surface area contributed by atoms with Gasteiger partial charge in [-0.15, -0.1) is 0 Å². The molecule has 0 fully saturated rings. The zero-order valence-electron chi connectivity index (χ0n) is 14.5. The molecule has 0 unspecified atom stereocenters. The van der Waals surface area contributed by atoms with E-state index in [2.05, 4.69) is 0 Å². The van der Waals surface area contributed by atoms with E-state index in [0.717, 1.165) is 12.0 Å². The Morgan fingerprint density at radius 1 is 1.17 bits per heavy atom. The lowest BCUT2D eigenvalue weighted by atomic mass is 9.94. The van der Waals surface area contributed by atoms with Crippen LogP contribution >= 0.6 is 0 Å². The Morgan fingerprint density at radius 3 is 2.33 bits per heavy atom. The Kier molecular flexibility index (Phi) is 5.74. The number of carbonyl (C=O) groups excluding carboxylic acids is 2. The van der Waals surface area contributed by atoms with Crippen LogP contribution in [-0.2, 0) is 9.53 Å². The van der Waals surface area contributed by atoms with E-state index in [9.17, 15) is 9.59 Å². The summed E-state index contributed by atoms with van der Waals surface area (Å²) in [4.78, 5) is 24.1. The average molecular weight is 326 g/mol. The van der Waals surface area contributed by atoms with E-state index < -0.39 is 0 Å². The third kappa shape index (κ3) is 3.65. The van der Waals surface area contributed by atoms with E-state index in [-0.39, 0.29) is 11.8 Å². The van der Waals surface area contributed by atoms with Crippen molar-refractivity contribution in [3.8, 4) is 0 Å². The summed E-state index contributed by atoms with van der Waals surface area (Å²) in [5, 5.41) is 0. The van der Waals surface area contributed by atoms with Crippen molar-refractivity contribution in [2.45, 2.75) is 33.6 Å². The highest BCUT2D eigenvalue weighted by Crippen LogP contribution is 2.32. The van der Waals surface area contributed by atoms with Crippen molar-refractivity contribution in [2.75, 3.05) is 7.11 Å². The summed E-state index contributed by atoms with van der Waals surface area (Å²) in [6.45, 7) is 5.25. The fourth-order valence-electron chi connectivity index (χ4n) is 2.73. The Morgan fingerprint density at radius 2 is 1.83 bits per heavy atom. The molecule has 2 rings (SSSR count). The number of hydrogen-bond donors (Lipinski definition) is 0. The maximum Gasteiger partial charge on any atom is 0.334 e. The molecule has 1 aromatic carbocycles. The van der Waals surface area contributed by atoms with Gasteiger partial charge in [0.2, 0.25) is 0 Å². The van der Waals surface area contributed by atoms with Gasteiger partial charge < -0.3 is 9.15 Å². The normalized spacial score (nSPS) is 11.8. The topological polar surface area (TPSA) is 56.5 Å². The first kappa shape index (κ1) is 17.7. The van der Waals surface area contributed by atoms with Gasteiger partial charge in [-0.1, -0.05) is 43.7 Å². The molecule has 0 aliphatic carbocycles. The van der Waals surface area contributed by atoms with Gasteiger partial charge in [0, 0.05) is 11.1 Å². The number of carbonyl (C=O) groups is 2. The second kappa shape index (κ2) is 7.77. The summed E-state index contributed by atoms with van der Waals surface area (Å²) in [5.74, 6) is 0.614. The lowest BCUT2D eigenvalue weighted by Gasteiger charge is -2.12. The van der Waals surface area contributed by atoms with Gasteiger partial charge in [-0.05, 0) is 31.9 Å². The predicted molar refractivity (Wildman–Crippen MR) is 92.8 cm³/mol. The summed E-state index contributed by atoms with van der Waals surface area (Å²) in [6, 6.07) is 11.2. The van der Waals surface area contributed by atoms with Crippen LogP contribution < -0.4 is 0 Å². The van der Waals surface area contributed by atoms with Crippen molar-refractivity contribution >= 4 is 17.3 Å². The van der Waals surface area contributed by atoms with Crippen LogP contribution in [0.15, 0.2) is 46.4 Å². The fraction of sp³-hybridized carbons (Fsp3) is 0.300. The molecule has 0 atom stereocenters. The highest BCUT2D eigenvalue weighted by atomic mass is 16.5. The second-order valence-electron chi connectivity index (χ2n) is 5.60. The van der Waals surface area contributed by atoms with Crippen molar-refractivity contribution in [1.29, 1.82) is 0 Å². The lowest BCUT2D eigenvalue weighted by Crippen LogP contribution is -2.08. The number of hydrogen-bond acceptors (Lipinski definition) is 4. The number of methoxy groups -OCH3 is 1. The van der Waals surface area contributed by atoms with Crippen LogP contribution in [0.1, 0.15) is 54.1 Å². The van der Waals surface area contributed by atoms with Crippen LogP contribution in [0.25, 0.3) is 5.57 Å². The van der Waals surface area contributed by atoms with Crippen LogP contribution in [0.4, 0.5) is 0 Å². The summed E-state index contributed by atoms with van der Waals surface area (Å²) in [5.41, 5.74) is 2.62. The van der Waals surface area contributed by atoms with E-state index in [4.69, 9.17) is 9.15 Å². The van der Waals surface area contributed by atoms with Crippen molar-refractivity contribution < 1.29 is 18.7 Å². The number of ketones is 1. The van der Waals surface area contributed by atoms with Gasteiger partial charge in [0.15, 0.2) is 5.78 Å². The lowest BCUT2D eigenvalue weighted by molar-refractivity contribution is -0.136. The minimum absolute atomic E-state index is 0.0648. The highest BCUT2D eigenvalue weighted by molar-refractivity contribution is 6.02. The maximum atomic E-state index is 12.3. The SMILES string of the molecule is CCC/C(C(=O)OC)=C(/c1ccccc1)c1cc(C(C)=O)c(C)o1. The van der Waals surface area contributed by atoms with Gasteiger partial charge in [0.1, 0.15) is 11.5 Å². The number of furan rings is 1. The molecule has 24 heavy (non-hydrogen) atoms. The summed E-state index contributed by atoms with van der Waals surface area (Å²) in [7, 11) is 1.37. The molecular formula is C20H22O4. The van der Waals surface area contributed by atoms with Gasteiger partial charge in [-0.3, -0.25) is 4.79 Å². The molecule has 4 nitrogen and oxygen atoms in total. The van der Waals surface area contributed by atoms with E-state index in [0.29, 0.717) is 34.7 Å². The standard InChI is InChI=1S/C20H22O4/c1-5-9-16(20(22)23-4)19(15-10-7-6-8-11-15)18-12-17(13(2)21)14(3)24-18/h6-8,10-12H,5,9H2,1-4H3/b19-16+. The van der Waals surface area contributed by atoms with Crippen molar-refractivity contribution in [3.05, 3.63) is 64.6 Å². The van der Waals surface area contributed by atoms with E-state index in [1.165, 1.54) is 14.0 Å². The molecule has 0 saturated heterocycles. The number of benzene rings is 1. The van der Waals surface area contributed by atoms with Crippen LogP contribution in [0.3, 0.4) is 0 Å². The van der Waals surface area contributed by atoms with E-state index in [1.807, 2.05) is 37.3 Å². The molecule has 4 heteroatoms. The minimum atomic E-state index is -0.380. The molecule has 0 aliphatic heterocycles. The van der Waals surface area contributed by atoms with Crippen LogP contribution in [0.5, 0.6) is 0 Å². The first-order valence-electron chi connectivity index (χ1n) is 7.98. The monoisotopic (exact) mass is 326 g/mol. The zero-order chi connectivity index (χ0) is 17.7. The number of esters is 1. The largest absolute Gasteiger partial charge is 0.466 e. The summed E-state index contributed by atoms with van der Waals surface area (Å²) < 4.78 is 10.8. The van der Waals surface area contributed by atoms with Crippen molar-refractivity contribution in [3.63, 3.8) is 0 Å². The third-order valence-corrected chi connectivity index (χ3v) is 3.84. The second-order valence-corrected chi connectivity index (χ2v) is 5.60. The van der Waals surface area contributed by atoms with Gasteiger partial charge >= 0.3 is 5.97 Å². The minimum Gasteiger partial charge on any atom is -0.466 e. The molecule has 1 aromatic heterocycles. The van der Waals surface area contributed by atoms with E-state index in [1.54, 1.807) is 13.0 Å². The zero-order valence-corrected chi connectivity index (χ0v) is 14.5. The smallest absolute Gasteiger partial charge is 0.334 e.